The molecular formula is C15H24N2O. The molecule has 1 aromatic carbocycles. The summed E-state index contributed by atoms with van der Waals surface area (Å²) in [4.78, 5) is 11.5. The Morgan fingerprint density at radius 3 is 2.17 bits per heavy atom. The van der Waals surface area contributed by atoms with E-state index in [1.54, 1.807) is 7.05 Å². The van der Waals surface area contributed by atoms with Crippen LogP contribution in [0.4, 0.5) is 0 Å². The average Bonchev–Trinajstić information content (AvgIpc) is 2.32. The molecule has 1 rings (SSSR count). The average molecular weight is 248 g/mol. The van der Waals surface area contributed by atoms with E-state index in [9.17, 15) is 4.79 Å². The summed E-state index contributed by atoms with van der Waals surface area (Å²) in [6.07, 6.45) is 0. The van der Waals surface area contributed by atoms with Crippen molar-refractivity contribution in [2.45, 2.75) is 46.7 Å². The molecule has 1 aromatic rings. The molecule has 0 saturated carbocycles. The lowest BCUT2D eigenvalue weighted by Gasteiger charge is -2.22. The van der Waals surface area contributed by atoms with Crippen molar-refractivity contribution in [3.63, 3.8) is 0 Å². The Morgan fingerprint density at radius 2 is 1.61 bits per heavy atom. The van der Waals surface area contributed by atoms with Crippen LogP contribution in [0.2, 0.25) is 0 Å². The predicted octanol–water partition coefficient (Wildman–Crippen LogP) is 2.40. The van der Waals surface area contributed by atoms with E-state index in [1.165, 1.54) is 22.3 Å². The van der Waals surface area contributed by atoms with E-state index in [-0.39, 0.29) is 18.0 Å². The minimum atomic E-state index is -0.189. The second-order valence-electron chi connectivity index (χ2n) is 5.02. The molecule has 0 bridgehead atoms. The van der Waals surface area contributed by atoms with Gasteiger partial charge in [-0.2, -0.15) is 0 Å². The molecule has 2 unspecified atom stereocenters. The SMILES string of the molecule is CNC(=O)C(C)NC(C)c1cc(C)c(C)cc1C. The van der Waals surface area contributed by atoms with E-state index in [0.717, 1.165) is 0 Å². The highest BCUT2D eigenvalue weighted by atomic mass is 16.2. The maximum atomic E-state index is 11.5. The van der Waals surface area contributed by atoms with Crippen LogP contribution in [0.3, 0.4) is 0 Å². The molecule has 0 aliphatic heterocycles. The zero-order valence-corrected chi connectivity index (χ0v) is 12.2. The van der Waals surface area contributed by atoms with Gasteiger partial charge in [-0.05, 0) is 56.9 Å². The number of carbonyl (C=O) groups excluding carboxylic acids is 1. The fourth-order valence-electron chi connectivity index (χ4n) is 2.21. The number of amides is 1. The van der Waals surface area contributed by atoms with Crippen molar-refractivity contribution < 1.29 is 4.79 Å². The van der Waals surface area contributed by atoms with Gasteiger partial charge in [0.1, 0.15) is 0 Å². The van der Waals surface area contributed by atoms with Crippen LogP contribution in [-0.4, -0.2) is 19.0 Å². The molecule has 3 nitrogen and oxygen atoms in total. The molecule has 2 N–H and O–H groups in total. The summed E-state index contributed by atoms with van der Waals surface area (Å²) in [5.41, 5.74) is 5.12. The van der Waals surface area contributed by atoms with Crippen molar-refractivity contribution in [3.05, 3.63) is 34.4 Å². The smallest absolute Gasteiger partial charge is 0.236 e. The lowest BCUT2D eigenvalue weighted by Crippen LogP contribution is -2.41. The van der Waals surface area contributed by atoms with Crippen LogP contribution in [0.1, 0.15) is 42.1 Å². The quantitative estimate of drug-likeness (QED) is 0.859. The lowest BCUT2D eigenvalue weighted by atomic mass is 9.96. The Balaban J connectivity index is 2.87. The van der Waals surface area contributed by atoms with Gasteiger partial charge in [0.25, 0.3) is 0 Å². The molecule has 0 aliphatic rings. The standard InChI is InChI=1S/C15H24N2O/c1-9-7-11(3)14(8-10(9)2)12(4)17-13(5)15(18)16-6/h7-8,12-13,17H,1-6H3,(H,16,18). The van der Waals surface area contributed by atoms with Gasteiger partial charge in [0.2, 0.25) is 5.91 Å². The maximum Gasteiger partial charge on any atom is 0.236 e. The summed E-state index contributed by atoms with van der Waals surface area (Å²) in [5, 5.41) is 5.98. The van der Waals surface area contributed by atoms with Crippen molar-refractivity contribution in [1.82, 2.24) is 10.6 Å². The highest BCUT2D eigenvalue weighted by molar-refractivity contribution is 5.81. The molecule has 0 saturated heterocycles. The van der Waals surface area contributed by atoms with E-state index < -0.39 is 0 Å². The normalized spacial score (nSPS) is 14.1. The molecular weight excluding hydrogens is 224 g/mol. The van der Waals surface area contributed by atoms with Crippen LogP contribution in [0.15, 0.2) is 12.1 Å². The van der Waals surface area contributed by atoms with E-state index in [0.29, 0.717) is 0 Å². The van der Waals surface area contributed by atoms with Gasteiger partial charge in [-0.1, -0.05) is 12.1 Å². The Bertz CT molecular complexity index is 440. The van der Waals surface area contributed by atoms with Crippen LogP contribution < -0.4 is 10.6 Å². The Labute approximate surface area is 110 Å². The third kappa shape index (κ3) is 3.33. The molecule has 0 aliphatic carbocycles. The van der Waals surface area contributed by atoms with E-state index in [4.69, 9.17) is 0 Å². The van der Waals surface area contributed by atoms with E-state index in [1.807, 2.05) is 6.92 Å². The summed E-state index contributed by atoms with van der Waals surface area (Å²) in [6, 6.07) is 4.38. The van der Waals surface area contributed by atoms with E-state index >= 15 is 0 Å². The highest BCUT2D eigenvalue weighted by Crippen LogP contribution is 2.21. The molecule has 100 valence electrons. The monoisotopic (exact) mass is 248 g/mol. The fraction of sp³-hybridized carbons (Fsp3) is 0.533. The summed E-state index contributed by atoms with van der Waals surface area (Å²) in [6.45, 7) is 10.3. The van der Waals surface area contributed by atoms with Gasteiger partial charge in [0, 0.05) is 13.1 Å². The Hall–Kier alpha value is -1.35. The molecule has 3 heteroatoms. The summed E-state index contributed by atoms with van der Waals surface area (Å²) in [5.74, 6) is 0.0170. The number of rotatable bonds is 4. The molecule has 0 spiro atoms. The number of nitrogens with one attached hydrogen (secondary N) is 2. The van der Waals surface area contributed by atoms with Gasteiger partial charge in [-0.3, -0.25) is 10.1 Å². The van der Waals surface area contributed by atoms with Crippen molar-refractivity contribution in [3.8, 4) is 0 Å². The van der Waals surface area contributed by atoms with Crippen molar-refractivity contribution in [2.24, 2.45) is 0 Å². The van der Waals surface area contributed by atoms with Crippen LogP contribution >= 0.6 is 0 Å². The number of aryl methyl sites for hydroxylation is 3. The molecule has 0 heterocycles. The number of hydrogen-bond donors (Lipinski definition) is 2. The van der Waals surface area contributed by atoms with E-state index in [2.05, 4.69) is 50.5 Å². The van der Waals surface area contributed by atoms with Gasteiger partial charge in [0.15, 0.2) is 0 Å². The number of likely N-dealkylation sites (N-methyl/N-ethyl adjacent to an activating group) is 1. The zero-order valence-electron chi connectivity index (χ0n) is 12.2. The van der Waals surface area contributed by atoms with Crippen molar-refractivity contribution in [2.75, 3.05) is 7.05 Å². The first-order valence-electron chi connectivity index (χ1n) is 6.42. The third-order valence-corrected chi connectivity index (χ3v) is 3.49. The highest BCUT2D eigenvalue weighted by Gasteiger charge is 2.16. The fourth-order valence-corrected chi connectivity index (χ4v) is 2.21. The van der Waals surface area contributed by atoms with Crippen molar-refractivity contribution in [1.29, 1.82) is 0 Å². The summed E-state index contributed by atoms with van der Waals surface area (Å²) in [7, 11) is 1.66. The molecule has 0 fully saturated rings. The van der Waals surface area contributed by atoms with Gasteiger partial charge in [0.05, 0.1) is 6.04 Å². The minimum absolute atomic E-state index is 0.0170. The van der Waals surface area contributed by atoms with Gasteiger partial charge >= 0.3 is 0 Å². The first-order valence-corrected chi connectivity index (χ1v) is 6.42. The topological polar surface area (TPSA) is 41.1 Å². The molecule has 18 heavy (non-hydrogen) atoms. The first kappa shape index (κ1) is 14.7. The lowest BCUT2D eigenvalue weighted by molar-refractivity contribution is -0.122. The molecule has 0 aromatic heterocycles. The summed E-state index contributed by atoms with van der Waals surface area (Å²) < 4.78 is 0. The maximum absolute atomic E-state index is 11.5. The number of benzene rings is 1. The minimum Gasteiger partial charge on any atom is -0.358 e. The van der Waals surface area contributed by atoms with Crippen LogP contribution in [0.5, 0.6) is 0 Å². The first-order chi connectivity index (χ1) is 8.36. The Kier molecular flexibility index (Phi) is 4.91. The molecule has 1 amide bonds. The van der Waals surface area contributed by atoms with Gasteiger partial charge in [-0.25, -0.2) is 0 Å². The third-order valence-electron chi connectivity index (χ3n) is 3.49. The van der Waals surface area contributed by atoms with Crippen LogP contribution in [0, 0.1) is 20.8 Å². The second kappa shape index (κ2) is 6.01. The number of hydrogen-bond acceptors (Lipinski definition) is 2. The molecule has 2 atom stereocenters. The van der Waals surface area contributed by atoms with Crippen LogP contribution in [0.25, 0.3) is 0 Å². The van der Waals surface area contributed by atoms with Gasteiger partial charge in [-0.15, -0.1) is 0 Å². The predicted molar refractivity (Wildman–Crippen MR) is 75.7 cm³/mol. The zero-order chi connectivity index (χ0) is 13.9. The Morgan fingerprint density at radius 1 is 1.06 bits per heavy atom. The van der Waals surface area contributed by atoms with Crippen LogP contribution in [-0.2, 0) is 4.79 Å². The summed E-state index contributed by atoms with van der Waals surface area (Å²) >= 11 is 0. The second-order valence-corrected chi connectivity index (χ2v) is 5.02. The molecule has 0 radical (unpaired) electrons. The number of carbonyl (C=O) groups is 1. The van der Waals surface area contributed by atoms with Gasteiger partial charge < -0.3 is 5.32 Å². The van der Waals surface area contributed by atoms with Crippen molar-refractivity contribution >= 4 is 5.91 Å². The largest absolute Gasteiger partial charge is 0.358 e.